The van der Waals surface area contributed by atoms with E-state index in [0.717, 1.165) is 22.4 Å². The van der Waals surface area contributed by atoms with Gasteiger partial charge in [-0.15, -0.1) is 0 Å². The third-order valence-electron chi connectivity index (χ3n) is 6.48. The molecule has 1 aliphatic rings. The fourth-order valence-corrected chi connectivity index (χ4v) is 4.83. The van der Waals surface area contributed by atoms with Crippen molar-refractivity contribution in [1.29, 1.82) is 0 Å². The van der Waals surface area contributed by atoms with Gasteiger partial charge in [0.1, 0.15) is 35.9 Å². The molecule has 0 spiro atoms. The summed E-state index contributed by atoms with van der Waals surface area (Å²) in [5.74, 6) is 1.86. The highest BCUT2D eigenvalue weighted by molar-refractivity contribution is 6.33. The summed E-state index contributed by atoms with van der Waals surface area (Å²) in [4.78, 5) is 16.2. The molecule has 0 fully saturated rings. The molecule has 38 heavy (non-hydrogen) atoms. The minimum absolute atomic E-state index is 0.113. The Morgan fingerprint density at radius 2 is 2.03 bits per heavy atom. The largest absolute Gasteiger partial charge is 0.491 e. The van der Waals surface area contributed by atoms with Crippen LogP contribution in [-0.4, -0.2) is 51.5 Å². The number of nitrogens with zero attached hydrogens (tertiary/aromatic N) is 5. The van der Waals surface area contributed by atoms with Gasteiger partial charge in [-0.25, -0.2) is 14.4 Å². The number of anilines is 1. The van der Waals surface area contributed by atoms with E-state index in [1.165, 1.54) is 12.3 Å². The molecule has 0 saturated heterocycles. The smallest absolute Gasteiger partial charge is 0.163 e. The number of benzene rings is 1. The first-order valence-corrected chi connectivity index (χ1v) is 12.6. The first kappa shape index (κ1) is 26.0. The molecule has 0 saturated carbocycles. The lowest BCUT2D eigenvalue weighted by atomic mass is 10.0. The molecule has 0 radical (unpaired) electrons. The number of aliphatic hydroxyl groups excluding tert-OH is 1. The molecule has 4 heterocycles. The van der Waals surface area contributed by atoms with E-state index in [-0.39, 0.29) is 12.4 Å². The first-order valence-electron chi connectivity index (χ1n) is 12.2. The van der Waals surface area contributed by atoms with Gasteiger partial charge in [-0.05, 0) is 57.6 Å². The molecule has 9 nitrogen and oxygen atoms in total. The van der Waals surface area contributed by atoms with Crippen LogP contribution < -0.4 is 15.0 Å². The maximum Gasteiger partial charge on any atom is 0.163 e. The highest BCUT2D eigenvalue weighted by atomic mass is 35.5. The monoisotopic (exact) mass is 538 g/mol. The standard InChI is InChI=1S/C27H28ClFN6O3/c1-14-25(24-15(2)34-38-16(24)3)32-26(21-8-20(5-6-22(21)28)37-13-19(36)10-30-4)33-27(14)35-11-17-7-18(29)9-31-23(17)12-35/h5-9,19,30,36H,10-13H2,1-4H3. The molecular weight excluding hydrogens is 511 g/mol. The number of rotatable bonds is 8. The maximum absolute atomic E-state index is 13.9. The fourth-order valence-electron chi connectivity index (χ4n) is 4.63. The Bertz CT molecular complexity index is 1470. The lowest BCUT2D eigenvalue weighted by Gasteiger charge is -2.22. The second-order valence-corrected chi connectivity index (χ2v) is 9.73. The maximum atomic E-state index is 13.9. The van der Waals surface area contributed by atoms with Crippen LogP contribution in [0.4, 0.5) is 10.2 Å². The molecule has 1 aromatic carbocycles. The van der Waals surface area contributed by atoms with Crippen molar-refractivity contribution >= 4 is 17.4 Å². The van der Waals surface area contributed by atoms with E-state index in [2.05, 4.69) is 15.5 Å². The lowest BCUT2D eigenvalue weighted by molar-refractivity contribution is 0.108. The number of ether oxygens (including phenoxy) is 1. The second kappa shape index (κ2) is 10.6. The predicted molar refractivity (Wildman–Crippen MR) is 142 cm³/mol. The van der Waals surface area contributed by atoms with Crippen LogP contribution >= 0.6 is 11.6 Å². The van der Waals surface area contributed by atoms with Crippen molar-refractivity contribution in [1.82, 2.24) is 25.4 Å². The Labute approximate surface area is 224 Å². The van der Waals surface area contributed by atoms with Crippen LogP contribution in [0.3, 0.4) is 0 Å². The van der Waals surface area contributed by atoms with Crippen molar-refractivity contribution in [3.8, 4) is 28.4 Å². The van der Waals surface area contributed by atoms with Crippen LogP contribution in [0, 0.1) is 26.6 Å². The number of aliphatic hydroxyl groups is 1. The molecular formula is C27H28ClFN6O3. The average Bonchev–Trinajstić information content (AvgIpc) is 3.46. The van der Waals surface area contributed by atoms with Gasteiger partial charge in [0.25, 0.3) is 0 Å². The van der Waals surface area contributed by atoms with Crippen molar-refractivity contribution in [3.63, 3.8) is 0 Å². The summed E-state index contributed by atoms with van der Waals surface area (Å²) in [6.45, 7) is 7.11. The minimum atomic E-state index is -0.664. The predicted octanol–water partition coefficient (Wildman–Crippen LogP) is 4.39. The quantitative estimate of drug-likeness (QED) is 0.337. The van der Waals surface area contributed by atoms with Gasteiger partial charge in [0.05, 0.1) is 40.4 Å². The molecule has 1 unspecified atom stereocenters. The summed E-state index contributed by atoms with van der Waals surface area (Å²) < 4.78 is 25.1. The van der Waals surface area contributed by atoms with E-state index < -0.39 is 6.10 Å². The Morgan fingerprint density at radius 1 is 1.21 bits per heavy atom. The summed E-state index contributed by atoms with van der Waals surface area (Å²) in [6, 6.07) is 6.72. The van der Waals surface area contributed by atoms with E-state index in [4.69, 9.17) is 30.8 Å². The molecule has 4 aromatic rings. The van der Waals surface area contributed by atoms with Gasteiger partial charge in [0.2, 0.25) is 0 Å². The van der Waals surface area contributed by atoms with Crippen molar-refractivity contribution < 1.29 is 18.8 Å². The molecule has 11 heteroatoms. The number of aromatic nitrogens is 4. The van der Waals surface area contributed by atoms with E-state index in [0.29, 0.717) is 64.8 Å². The van der Waals surface area contributed by atoms with Crippen molar-refractivity contribution in [2.75, 3.05) is 25.1 Å². The molecule has 3 aromatic heterocycles. The van der Waals surface area contributed by atoms with Crippen LogP contribution in [0.2, 0.25) is 5.02 Å². The highest BCUT2D eigenvalue weighted by Crippen LogP contribution is 2.38. The third kappa shape index (κ3) is 5.07. The van der Waals surface area contributed by atoms with Crippen LogP contribution in [0.15, 0.2) is 35.0 Å². The van der Waals surface area contributed by atoms with Gasteiger partial charge in [0, 0.05) is 24.2 Å². The summed E-state index contributed by atoms with van der Waals surface area (Å²) in [5.41, 5.74) is 5.18. The van der Waals surface area contributed by atoms with Gasteiger partial charge < -0.3 is 24.6 Å². The zero-order valence-electron chi connectivity index (χ0n) is 21.5. The Morgan fingerprint density at radius 3 is 2.76 bits per heavy atom. The van der Waals surface area contributed by atoms with E-state index >= 15 is 0 Å². The van der Waals surface area contributed by atoms with E-state index in [1.807, 2.05) is 25.7 Å². The van der Waals surface area contributed by atoms with Crippen LogP contribution in [-0.2, 0) is 13.1 Å². The van der Waals surface area contributed by atoms with Crippen molar-refractivity contribution in [3.05, 3.63) is 69.6 Å². The van der Waals surface area contributed by atoms with Crippen LogP contribution in [0.1, 0.15) is 28.3 Å². The average molecular weight is 539 g/mol. The Kier molecular flexibility index (Phi) is 7.29. The number of nitrogens with one attached hydrogen (secondary N) is 1. The molecule has 1 aliphatic heterocycles. The number of hydrogen-bond acceptors (Lipinski definition) is 9. The summed E-state index contributed by atoms with van der Waals surface area (Å²) >= 11 is 6.63. The molecule has 2 N–H and O–H groups in total. The Balaban J connectivity index is 1.60. The van der Waals surface area contributed by atoms with Crippen molar-refractivity contribution in [2.45, 2.75) is 40.0 Å². The van der Waals surface area contributed by atoms with Gasteiger partial charge in [0.15, 0.2) is 5.82 Å². The molecule has 0 bridgehead atoms. The van der Waals surface area contributed by atoms with Gasteiger partial charge in [-0.3, -0.25) is 4.98 Å². The van der Waals surface area contributed by atoms with Gasteiger partial charge in [-0.1, -0.05) is 16.8 Å². The zero-order valence-corrected chi connectivity index (χ0v) is 22.3. The fraction of sp³-hybridized carbons (Fsp3) is 0.333. The normalized spacial score (nSPS) is 13.6. The number of hydrogen-bond donors (Lipinski definition) is 2. The number of likely N-dealkylation sites (N-methyl/N-ethyl adjacent to an activating group) is 1. The van der Waals surface area contributed by atoms with E-state index in [1.54, 1.807) is 25.2 Å². The number of aryl methyl sites for hydroxylation is 2. The van der Waals surface area contributed by atoms with Crippen LogP contribution in [0.5, 0.6) is 5.75 Å². The molecule has 1 atom stereocenters. The third-order valence-corrected chi connectivity index (χ3v) is 6.81. The summed E-state index contributed by atoms with van der Waals surface area (Å²) in [7, 11) is 1.76. The summed E-state index contributed by atoms with van der Waals surface area (Å²) in [5, 5.41) is 17.5. The second-order valence-electron chi connectivity index (χ2n) is 9.32. The number of pyridine rings is 1. The number of halogens is 2. The molecule has 5 rings (SSSR count). The molecule has 0 amide bonds. The van der Waals surface area contributed by atoms with Gasteiger partial charge >= 0.3 is 0 Å². The molecule has 198 valence electrons. The minimum Gasteiger partial charge on any atom is -0.491 e. The van der Waals surface area contributed by atoms with E-state index in [9.17, 15) is 9.50 Å². The van der Waals surface area contributed by atoms with Crippen LogP contribution in [0.25, 0.3) is 22.6 Å². The Hall–Kier alpha value is -3.60. The van der Waals surface area contributed by atoms with Gasteiger partial charge in [-0.2, -0.15) is 0 Å². The first-order chi connectivity index (χ1) is 18.2. The SMILES string of the molecule is CNCC(O)COc1ccc(Cl)c(-c2nc(-c3c(C)noc3C)c(C)c(N3Cc4cc(F)cnc4C3)n2)c1. The molecule has 0 aliphatic carbocycles. The highest BCUT2D eigenvalue weighted by Gasteiger charge is 2.28. The summed E-state index contributed by atoms with van der Waals surface area (Å²) in [6.07, 6.45) is 0.567. The topological polar surface area (TPSA) is 109 Å². The number of fused-ring (bicyclic) bond motifs is 1. The zero-order chi connectivity index (χ0) is 27.0. The lowest BCUT2D eigenvalue weighted by Crippen LogP contribution is -2.29. The van der Waals surface area contributed by atoms with Crippen molar-refractivity contribution in [2.24, 2.45) is 0 Å².